The minimum absolute atomic E-state index is 0.200. The number of hydrogen-bond acceptors (Lipinski definition) is 4. The molecule has 0 spiro atoms. The van der Waals surface area contributed by atoms with Crippen LogP contribution in [0.3, 0.4) is 0 Å². The zero-order valence-electron chi connectivity index (χ0n) is 12.5. The van der Waals surface area contributed by atoms with Gasteiger partial charge in [0.25, 0.3) is 5.91 Å². The van der Waals surface area contributed by atoms with Gasteiger partial charge in [0.05, 0.1) is 6.42 Å². The highest BCUT2D eigenvalue weighted by molar-refractivity contribution is 5.86. The predicted molar refractivity (Wildman–Crippen MR) is 79.9 cm³/mol. The maximum absolute atomic E-state index is 11.7. The number of carbonyl (C=O) groups excluding carboxylic acids is 3. The zero-order valence-corrected chi connectivity index (χ0v) is 12.5. The van der Waals surface area contributed by atoms with E-state index in [1.165, 1.54) is 6.92 Å². The molecule has 0 heterocycles. The minimum atomic E-state index is -0.848. The Bertz CT molecular complexity index is 540. The molecular weight excluding hydrogens is 284 g/mol. The van der Waals surface area contributed by atoms with E-state index in [0.29, 0.717) is 0 Å². The van der Waals surface area contributed by atoms with Gasteiger partial charge in [0, 0.05) is 6.04 Å². The first-order valence-corrected chi connectivity index (χ1v) is 7.35. The molecule has 118 valence electrons. The van der Waals surface area contributed by atoms with Crippen molar-refractivity contribution < 1.29 is 19.1 Å². The van der Waals surface area contributed by atoms with E-state index in [1.807, 2.05) is 30.3 Å². The summed E-state index contributed by atoms with van der Waals surface area (Å²) in [6.45, 7) is 1.27. The molecule has 0 radical (unpaired) electrons. The van der Waals surface area contributed by atoms with E-state index < -0.39 is 12.1 Å². The van der Waals surface area contributed by atoms with E-state index in [9.17, 15) is 14.4 Å². The molecule has 1 aromatic carbocycles. The number of hydrogen-bond donors (Lipinski definition) is 2. The van der Waals surface area contributed by atoms with Crippen LogP contribution in [0.25, 0.3) is 0 Å². The van der Waals surface area contributed by atoms with Crippen molar-refractivity contribution in [1.29, 1.82) is 0 Å². The molecule has 1 aliphatic rings. The van der Waals surface area contributed by atoms with Crippen molar-refractivity contribution in [2.75, 3.05) is 6.54 Å². The standard InChI is InChI=1S/C16H20N2O4/c1-11(16(21)18-13-7-8-13)22-15(20)10-17-14(19)9-12-5-3-2-4-6-12/h2-6,11,13H,7-10H2,1H3,(H,17,19)(H,18,21)/t11-/m1/s1. The summed E-state index contributed by atoms with van der Waals surface area (Å²) in [4.78, 5) is 34.9. The molecule has 1 aromatic rings. The molecule has 22 heavy (non-hydrogen) atoms. The summed E-state index contributed by atoms with van der Waals surface area (Å²) in [6.07, 6.45) is 1.30. The molecule has 0 unspecified atom stereocenters. The summed E-state index contributed by atoms with van der Waals surface area (Å²) in [5.41, 5.74) is 0.866. The molecule has 0 aliphatic heterocycles. The third-order valence-electron chi connectivity index (χ3n) is 3.24. The monoisotopic (exact) mass is 304 g/mol. The Hall–Kier alpha value is -2.37. The minimum Gasteiger partial charge on any atom is -0.451 e. The number of ether oxygens (including phenoxy) is 1. The van der Waals surface area contributed by atoms with Gasteiger partial charge in [-0.2, -0.15) is 0 Å². The number of esters is 1. The first-order chi connectivity index (χ1) is 10.5. The Balaban J connectivity index is 1.66. The van der Waals surface area contributed by atoms with Gasteiger partial charge in [0.2, 0.25) is 5.91 Å². The molecule has 2 amide bonds. The third-order valence-corrected chi connectivity index (χ3v) is 3.24. The quantitative estimate of drug-likeness (QED) is 0.721. The van der Waals surface area contributed by atoms with Crippen LogP contribution in [0.2, 0.25) is 0 Å². The Morgan fingerprint density at radius 2 is 1.91 bits per heavy atom. The van der Waals surface area contributed by atoms with E-state index >= 15 is 0 Å². The van der Waals surface area contributed by atoms with Crippen molar-refractivity contribution in [3.05, 3.63) is 35.9 Å². The fourth-order valence-corrected chi connectivity index (χ4v) is 1.85. The first-order valence-electron chi connectivity index (χ1n) is 7.35. The third kappa shape index (κ3) is 5.55. The van der Waals surface area contributed by atoms with Gasteiger partial charge >= 0.3 is 5.97 Å². The summed E-state index contributed by atoms with van der Waals surface area (Å²) < 4.78 is 4.98. The second kappa shape index (κ2) is 7.59. The highest BCUT2D eigenvalue weighted by Gasteiger charge is 2.27. The Kier molecular flexibility index (Phi) is 5.52. The number of carbonyl (C=O) groups is 3. The molecule has 6 nitrogen and oxygen atoms in total. The largest absolute Gasteiger partial charge is 0.451 e. The average Bonchev–Trinajstić information content (AvgIpc) is 3.30. The van der Waals surface area contributed by atoms with Crippen LogP contribution in [-0.4, -0.2) is 36.5 Å². The van der Waals surface area contributed by atoms with Crippen LogP contribution in [0.5, 0.6) is 0 Å². The lowest BCUT2D eigenvalue weighted by molar-refractivity contribution is -0.154. The molecule has 1 aliphatic carbocycles. The molecule has 6 heteroatoms. The number of nitrogens with one attached hydrogen (secondary N) is 2. The molecule has 0 bridgehead atoms. The number of benzene rings is 1. The second-order valence-electron chi connectivity index (χ2n) is 5.35. The lowest BCUT2D eigenvalue weighted by atomic mass is 10.1. The van der Waals surface area contributed by atoms with Gasteiger partial charge in [-0.25, -0.2) is 0 Å². The summed E-state index contributed by atoms with van der Waals surface area (Å²) in [5.74, 6) is -1.19. The molecule has 1 fully saturated rings. The highest BCUT2D eigenvalue weighted by Crippen LogP contribution is 2.18. The topological polar surface area (TPSA) is 84.5 Å². The Morgan fingerprint density at radius 1 is 1.23 bits per heavy atom. The Morgan fingerprint density at radius 3 is 2.55 bits per heavy atom. The van der Waals surface area contributed by atoms with Gasteiger partial charge < -0.3 is 15.4 Å². The van der Waals surface area contributed by atoms with E-state index in [0.717, 1.165) is 18.4 Å². The summed E-state index contributed by atoms with van der Waals surface area (Å²) in [7, 11) is 0. The highest BCUT2D eigenvalue weighted by atomic mass is 16.5. The molecule has 2 N–H and O–H groups in total. The van der Waals surface area contributed by atoms with Crippen molar-refractivity contribution >= 4 is 17.8 Å². The molecular formula is C16H20N2O4. The van der Waals surface area contributed by atoms with E-state index in [4.69, 9.17) is 4.74 Å². The van der Waals surface area contributed by atoms with Crippen molar-refractivity contribution in [3.8, 4) is 0 Å². The van der Waals surface area contributed by atoms with Crippen molar-refractivity contribution in [2.24, 2.45) is 0 Å². The van der Waals surface area contributed by atoms with Crippen LogP contribution in [0.4, 0.5) is 0 Å². The first kappa shape index (κ1) is 16.0. The molecule has 2 rings (SSSR count). The molecule has 1 saturated carbocycles. The van der Waals surface area contributed by atoms with Crippen molar-refractivity contribution in [2.45, 2.75) is 38.3 Å². The smallest absolute Gasteiger partial charge is 0.326 e. The molecule has 0 saturated heterocycles. The fourth-order valence-electron chi connectivity index (χ4n) is 1.85. The molecule has 1 atom stereocenters. The maximum Gasteiger partial charge on any atom is 0.326 e. The number of rotatable bonds is 7. The summed E-state index contributed by atoms with van der Waals surface area (Å²) in [5, 5.41) is 5.24. The van der Waals surface area contributed by atoms with Gasteiger partial charge in [0.15, 0.2) is 6.10 Å². The van der Waals surface area contributed by atoms with Crippen molar-refractivity contribution in [3.63, 3.8) is 0 Å². The van der Waals surface area contributed by atoms with Gasteiger partial charge in [-0.05, 0) is 25.3 Å². The Labute approximate surface area is 129 Å². The van der Waals surface area contributed by atoms with Crippen LogP contribution in [0.1, 0.15) is 25.3 Å². The van der Waals surface area contributed by atoms with E-state index in [1.54, 1.807) is 0 Å². The van der Waals surface area contributed by atoms with E-state index in [-0.39, 0.29) is 30.8 Å². The number of amides is 2. The van der Waals surface area contributed by atoms with Gasteiger partial charge in [-0.1, -0.05) is 30.3 Å². The normalized spacial score (nSPS) is 14.8. The van der Waals surface area contributed by atoms with Gasteiger partial charge in [-0.3, -0.25) is 14.4 Å². The van der Waals surface area contributed by atoms with Crippen LogP contribution in [0.15, 0.2) is 30.3 Å². The summed E-state index contributed by atoms with van der Waals surface area (Å²) >= 11 is 0. The van der Waals surface area contributed by atoms with Crippen LogP contribution >= 0.6 is 0 Å². The maximum atomic E-state index is 11.7. The van der Waals surface area contributed by atoms with Crippen LogP contribution in [-0.2, 0) is 25.5 Å². The fraction of sp³-hybridized carbons (Fsp3) is 0.438. The SMILES string of the molecule is C[C@@H](OC(=O)CNC(=O)Cc1ccccc1)C(=O)NC1CC1. The molecule has 0 aromatic heterocycles. The predicted octanol–water partition coefficient (Wildman–Crippen LogP) is 0.556. The van der Waals surface area contributed by atoms with Crippen molar-refractivity contribution in [1.82, 2.24) is 10.6 Å². The lowest BCUT2D eigenvalue weighted by Crippen LogP contribution is -2.39. The average molecular weight is 304 g/mol. The van der Waals surface area contributed by atoms with Gasteiger partial charge in [-0.15, -0.1) is 0 Å². The zero-order chi connectivity index (χ0) is 15.9. The lowest BCUT2D eigenvalue weighted by Gasteiger charge is -2.13. The van der Waals surface area contributed by atoms with E-state index in [2.05, 4.69) is 10.6 Å². The van der Waals surface area contributed by atoms with Crippen LogP contribution in [0, 0.1) is 0 Å². The van der Waals surface area contributed by atoms with Crippen LogP contribution < -0.4 is 10.6 Å². The summed E-state index contributed by atoms with van der Waals surface area (Å²) in [6, 6.07) is 9.45. The van der Waals surface area contributed by atoms with Gasteiger partial charge in [0.1, 0.15) is 6.54 Å². The second-order valence-corrected chi connectivity index (χ2v) is 5.35.